The smallest absolute Gasteiger partial charge is 0.260 e. The van der Waals surface area contributed by atoms with Gasteiger partial charge in [-0.25, -0.2) is 0 Å². The van der Waals surface area contributed by atoms with Crippen molar-refractivity contribution in [2.45, 2.75) is 0 Å². The average Bonchev–Trinajstić information content (AvgIpc) is 1.54. The van der Waals surface area contributed by atoms with Gasteiger partial charge in [0.1, 0.15) is 0 Å². The third-order valence-corrected chi connectivity index (χ3v) is 3.14. The quantitative estimate of drug-likeness (QED) is 0.396. The van der Waals surface area contributed by atoms with Gasteiger partial charge in [0.15, 0.2) is 0 Å². The van der Waals surface area contributed by atoms with Gasteiger partial charge >= 0.3 is 11.3 Å². The van der Waals surface area contributed by atoms with E-state index in [2.05, 4.69) is 7.05 Å². The van der Waals surface area contributed by atoms with E-state index < -0.39 is 11.3 Å². The normalized spacial score (nSPS) is 57.6. The molecule has 4 nitrogen and oxygen atoms in total. The van der Waals surface area contributed by atoms with Crippen LogP contribution in [0.1, 0.15) is 0 Å². The Bertz CT molecular complexity index is 173. The highest BCUT2D eigenvalue weighted by atomic mass is 32.2. The summed E-state index contributed by atoms with van der Waals surface area (Å²) < 4.78 is 20.7. The fraction of sp³-hybridized carbons (Fsp3) is 1.00. The van der Waals surface area contributed by atoms with Gasteiger partial charge < -0.3 is 0 Å². The van der Waals surface area contributed by atoms with Crippen LogP contribution < -0.4 is 0 Å². The van der Waals surface area contributed by atoms with Crippen molar-refractivity contribution >= 4 is 11.3 Å². The average molecular weight is 150 g/mol. The highest BCUT2D eigenvalue weighted by Crippen LogP contribution is 2.42. The lowest BCUT2D eigenvalue weighted by Gasteiger charge is -2.62. The van der Waals surface area contributed by atoms with Crippen molar-refractivity contribution in [2.75, 3.05) is 27.1 Å². The summed E-state index contributed by atoms with van der Waals surface area (Å²) in [7, 11) is 2.10. The number of hydrogen-bond donors (Lipinski definition) is 1. The highest BCUT2D eigenvalue weighted by molar-refractivity contribution is 7.73. The second-order valence-electron chi connectivity index (χ2n) is 3.33. The Hall–Kier alpha value is 0.0300. The molecule has 3 aliphatic heterocycles. The van der Waals surface area contributed by atoms with Crippen molar-refractivity contribution in [3.05, 3.63) is 0 Å². The van der Waals surface area contributed by atoms with E-state index in [1.807, 2.05) is 0 Å². The summed E-state index contributed by atoms with van der Waals surface area (Å²) in [5.41, 5.74) is 0. The van der Waals surface area contributed by atoms with Crippen LogP contribution in [0.2, 0.25) is 0 Å². The third-order valence-electron chi connectivity index (χ3n) is 2.13. The molecule has 0 aromatic heterocycles. The first kappa shape index (κ1) is 5.79. The van der Waals surface area contributed by atoms with Gasteiger partial charge in [-0.3, -0.25) is 4.55 Å². The van der Waals surface area contributed by atoms with E-state index >= 15 is 0 Å². The standard InChI is InChI=1S/C4H9N2O2S/c1-5-2-6(3-5,4-5)9(7)8/h2-4H2,1H3/q+1/p+1. The zero-order chi connectivity index (χ0) is 6.70. The lowest BCUT2D eigenvalue weighted by molar-refractivity contribution is -1.38. The predicted octanol–water partition coefficient (Wildman–Crippen LogP) is -0.714. The summed E-state index contributed by atoms with van der Waals surface area (Å²) in [6, 6.07) is 0. The number of quaternary nitrogens is 2. The van der Waals surface area contributed by atoms with Gasteiger partial charge in [-0.05, 0) is 0 Å². The Balaban J connectivity index is 2.13. The monoisotopic (exact) mass is 150 g/mol. The van der Waals surface area contributed by atoms with E-state index in [9.17, 15) is 4.21 Å². The lowest BCUT2D eigenvalue weighted by Crippen LogP contribution is -2.93. The topological polar surface area (TPSA) is 37.3 Å². The molecule has 52 valence electrons. The van der Waals surface area contributed by atoms with Crippen LogP contribution in [0, 0.1) is 0 Å². The molecule has 5 heteroatoms. The Morgan fingerprint density at radius 1 is 1.44 bits per heavy atom. The first-order valence-corrected chi connectivity index (χ1v) is 3.94. The van der Waals surface area contributed by atoms with E-state index in [-0.39, 0.29) is 0 Å². The van der Waals surface area contributed by atoms with E-state index in [0.29, 0.717) is 3.89 Å². The maximum Gasteiger partial charge on any atom is 0.372 e. The Kier molecular flexibility index (Phi) is 0.785. The van der Waals surface area contributed by atoms with E-state index in [1.54, 1.807) is 0 Å². The molecule has 1 unspecified atom stereocenters. The fourth-order valence-corrected chi connectivity index (χ4v) is 3.02. The number of rotatable bonds is 1. The van der Waals surface area contributed by atoms with Crippen molar-refractivity contribution < 1.29 is 17.1 Å². The van der Waals surface area contributed by atoms with Gasteiger partial charge in [0, 0.05) is 0 Å². The third kappa shape index (κ3) is 0.506. The molecule has 3 aliphatic rings. The minimum Gasteiger partial charge on any atom is -0.260 e. The van der Waals surface area contributed by atoms with Crippen LogP contribution >= 0.6 is 0 Å². The molecule has 1 N–H and O–H groups in total. The second-order valence-corrected chi connectivity index (χ2v) is 4.57. The summed E-state index contributed by atoms with van der Waals surface area (Å²) in [5.74, 6) is 0. The molecule has 0 aromatic carbocycles. The van der Waals surface area contributed by atoms with Gasteiger partial charge in [0.05, 0.1) is 7.05 Å². The minimum absolute atomic E-state index is 0.427. The molecule has 9 heavy (non-hydrogen) atoms. The zero-order valence-corrected chi connectivity index (χ0v) is 6.10. The van der Waals surface area contributed by atoms with Crippen LogP contribution in [0.3, 0.4) is 0 Å². The van der Waals surface area contributed by atoms with Gasteiger partial charge in [-0.1, -0.05) is 3.89 Å². The molecule has 3 rings (SSSR count). The molecule has 3 heterocycles. The fourth-order valence-electron chi connectivity index (χ4n) is 1.89. The number of nitrogens with zero attached hydrogens (tertiary/aromatic N) is 2. The van der Waals surface area contributed by atoms with Crippen molar-refractivity contribution in [3.8, 4) is 0 Å². The van der Waals surface area contributed by atoms with Gasteiger partial charge in [-0.2, -0.15) is 8.69 Å². The molecule has 0 amide bonds. The highest BCUT2D eigenvalue weighted by Gasteiger charge is 2.74. The molecule has 2 bridgehead atoms. The van der Waals surface area contributed by atoms with Crippen LogP contribution in [0.25, 0.3) is 0 Å². The first-order valence-electron chi connectivity index (χ1n) is 2.88. The number of hydrogen-bond acceptors (Lipinski definition) is 1. The van der Waals surface area contributed by atoms with E-state index in [0.717, 1.165) is 24.5 Å². The van der Waals surface area contributed by atoms with E-state index in [4.69, 9.17) is 4.55 Å². The molecule has 3 saturated heterocycles. The maximum atomic E-state index is 10.6. The van der Waals surface area contributed by atoms with Gasteiger partial charge in [0.25, 0.3) is 0 Å². The summed E-state index contributed by atoms with van der Waals surface area (Å²) >= 11 is -1.63. The molecule has 0 spiro atoms. The largest absolute Gasteiger partial charge is 0.372 e. The maximum absolute atomic E-state index is 10.6. The van der Waals surface area contributed by atoms with Gasteiger partial charge in [0.2, 0.25) is 20.0 Å². The molecule has 0 radical (unpaired) electrons. The van der Waals surface area contributed by atoms with E-state index in [1.165, 1.54) is 0 Å². The van der Waals surface area contributed by atoms with Crippen LogP contribution in [-0.4, -0.2) is 44.2 Å². The van der Waals surface area contributed by atoms with Crippen LogP contribution in [-0.2, 0) is 11.3 Å². The van der Waals surface area contributed by atoms with Crippen LogP contribution in [0.15, 0.2) is 0 Å². The molecule has 0 aromatic rings. The Labute approximate surface area is 56.3 Å². The lowest BCUT2D eigenvalue weighted by atomic mass is 10.3. The zero-order valence-electron chi connectivity index (χ0n) is 5.28. The SMILES string of the molecule is C[N+]12C[N+](S(=O)O)(C1)C2. The second kappa shape index (κ2) is 1.22. The molecule has 1 atom stereocenters. The summed E-state index contributed by atoms with van der Waals surface area (Å²) in [6.07, 6.45) is 0. The van der Waals surface area contributed by atoms with Crippen LogP contribution in [0.5, 0.6) is 0 Å². The molecule has 3 fully saturated rings. The minimum atomic E-state index is -1.63. The summed E-state index contributed by atoms with van der Waals surface area (Å²) in [4.78, 5) is 0. The van der Waals surface area contributed by atoms with Crippen LogP contribution in [0.4, 0.5) is 0 Å². The molecule has 0 aliphatic carbocycles. The molecular formula is C4H10N2O2S+2. The van der Waals surface area contributed by atoms with Crippen molar-refractivity contribution in [1.29, 1.82) is 0 Å². The summed E-state index contributed by atoms with van der Waals surface area (Å²) in [5, 5.41) is 0. The van der Waals surface area contributed by atoms with Crippen molar-refractivity contribution in [1.82, 2.24) is 0 Å². The Morgan fingerprint density at radius 3 is 2.00 bits per heavy atom. The molecule has 0 saturated carbocycles. The molecular weight excluding hydrogens is 140 g/mol. The Morgan fingerprint density at radius 2 is 1.89 bits per heavy atom. The van der Waals surface area contributed by atoms with Crippen molar-refractivity contribution in [2.24, 2.45) is 0 Å². The summed E-state index contributed by atoms with van der Waals surface area (Å²) in [6.45, 7) is 2.55. The first-order chi connectivity index (χ1) is 4.06. The predicted molar refractivity (Wildman–Crippen MR) is 31.8 cm³/mol. The van der Waals surface area contributed by atoms with Gasteiger partial charge in [-0.15, -0.1) is 0 Å². The van der Waals surface area contributed by atoms with Crippen molar-refractivity contribution in [3.63, 3.8) is 0 Å².